The number of nitriles is 1. The van der Waals surface area contributed by atoms with Gasteiger partial charge in [-0.05, 0) is 42.5 Å². The first-order valence-corrected chi connectivity index (χ1v) is 6.69. The molecule has 0 aliphatic rings. The Labute approximate surface area is 128 Å². The number of nitro groups is 1. The summed E-state index contributed by atoms with van der Waals surface area (Å²) in [5.41, 5.74) is -0.207. The first-order valence-electron chi connectivity index (χ1n) is 5.62. The van der Waals surface area contributed by atoms with Gasteiger partial charge < -0.3 is 9.47 Å². The van der Waals surface area contributed by atoms with Crippen molar-refractivity contribution in [2.75, 3.05) is 6.61 Å². The fourth-order valence-corrected chi connectivity index (χ4v) is 2.12. The molecular weight excluding hydrogens is 379 g/mol. The van der Waals surface area contributed by atoms with Crippen molar-refractivity contribution >= 4 is 34.2 Å². The second kappa shape index (κ2) is 7.04. The maximum absolute atomic E-state index is 11.5. The van der Waals surface area contributed by atoms with E-state index in [1.54, 1.807) is 6.92 Å². The molecule has 1 rings (SSSR count). The molecule has 1 aromatic rings. The molecular formula is C12H11IN2O5. The Kier molecular flexibility index (Phi) is 5.69. The summed E-state index contributed by atoms with van der Waals surface area (Å²) in [5, 5.41) is 19.8. The highest BCUT2D eigenvalue weighted by Crippen LogP contribution is 2.34. The highest BCUT2D eigenvalue weighted by atomic mass is 127. The summed E-state index contributed by atoms with van der Waals surface area (Å²) >= 11 is 1.81. The fraction of sp³-hybridized carbons (Fsp3) is 0.333. The molecule has 0 aliphatic heterocycles. The lowest BCUT2D eigenvalue weighted by atomic mass is 10.2. The van der Waals surface area contributed by atoms with E-state index in [4.69, 9.17) is 14.7 Å². The third-order valence-corrected chi connectivity index (χ3v) is 3.06. The maximum atomic E-state index is 11.5. The van der Waals surface area contributed by atoms with Crippen molar-refractivity contribution in [1.29, 1.82) is 5.26 Å². The van der Waals surface area contributed by atoms with Crippen LogP contribution in [0.3, 0.4) is 0 Å². The van der Waals surface area contributed by atoms with Gasteiger partial charge >= 0.3 is 11.7 Å². The number of benzene rings is 1. The quantitative estimate of drug-likeness (QED) is 0.331. The van der Waals surface area contributed by atoms with E-state index in [1.807, 2.05) is 28.7 Å². The summed E-state index contributed by atoms with van der Waals surface area (Å²) in [4.78, 5) is 21.9. The number of nitrogens with zero attached hydrogens (tertiary/aromatic N) is 2. The lowest BCUT2D eigenvalue weighted by Crippen LogP contribution is -2.26. The monoisotopic (exact) mass is 390 g/mol. The van der Waals surface area contributed by atoms with E-state index < -0.39 is 17.0 Å². The van der Waals surface area contributed by atoms with Crippen LogP contribution in [-0.4, -0.2) is 23.6 Å². The van der Waals surface area contributed by atoms with Gasteiger partial charge in [-0.1, -0.05) is 0 Å². The van der Waals surface area contributed by atoms with Gasteiger partial charge in [0.2, 0.25) is 5.75 Å². The van der Waals surface area contributed by atoms with Gasteiger partial charge in [-0.2, -0.15) is 5.26 Å². The standard InChI is InChI=1S/C12H11IN2O5/c1-3-19-12(16)7(2)20-11-9(13)4-8(6-14)5-10(11)15(17)18/h4-5,7H,3H2,1-2H3. The Balaban J connectivity index is 3.15. The van der Waals surface area contributed by atoms with E-state index >= 15 is 0 Å². The summed E-state index contributed by atoms with van der Waals surface area (Å²) in [5.74, 6) is -0.655. The third-order valence-electron chi connectivity index (χ3n) is 2.26. The zero-order valence-electron chi connectivity index (χ0n) is 10.8. The van der Waals surface area contributed by atoms with Crippen LogP contribution in [-0.2, 0) is 9.53 Å². The second-order valence-electron chi connectivity index (χ2n) is 3.69. The molecule has 0 N–H and O–H groups in total. The van der Waals surface area contributed by atoms with Crippen LogP contribution >= 0.6 is 22.6 Å². The number of nitro benzene ring substituents is 1. The summed E-state index contributed by atoms with van der Waals surface area (Å²) in [6.45, 7) is 3.29. The topological polar surface area (TPSA) is 102 Å². The Morgan fingerprint density at radius 3 is 2.75 bits per heavy atom. The van der Waals surface area contributed by atoms with Gasteiger partial charge in [0.15, 0.2) is 6.10 Å². The number of rotatable bonds is 5. The molecule has 0 spiro atoms. The molecule has 0 saturated heterocycles. The average molecular weight is 390 g/mol. The molecule has 0 heterocycles. The molecule has 20 heavy (non-hydrogen) atoms. The number of carbonyl (C=O) groups is 1. The van der Waals surface area contributed by atoms with Crippen LogP contribution in [0, 0.1) is 25.0 Å². The van der Waals surface area contributed by atoms with E-state index in [1.165, 1.54) is 13.0 Å². The summed E-state index contributed by atoms with van der Waals surface area (Å²) < 4.78 is 10.5. The maximum Gasteiger partial charge on any atom is 0.347 e. The number of esters is 1. The highest BCUT2D eigenvalue weighted by molar-refractivity contribution is 14.1. The first-order chi connectivity index (χ1) is 9.40. The van der Waals surface area contributed by atoms with Crippen LogP contribution in [0.25, 0.3) is 0 Å². The van der Waals surface area contributed by atoms with Gasteiger partial charge in [0.05, 0.1) is 26.7 Å². The molecule has 0 bridgehead atoms. The minimum absolute atomic E-state index is 0.0462. The lowest BCUT2D eigenvalue weighted by molar-refractivity contribution is -0.386. The summed E-state index contributed by atoms with van der Waals surface area (Å²) in [6.07, 6.45) is -0.977. The van der Waals surface area contributed by atoms with Crippen LogP contribution < -0.4 is 4.74 Å². The van der Waals surface area contributed by atoms with Crippen LogP contribution in [0.5, 0.6) is 5.75 Å². The van der Waals surface area contributed by atoms with Crippen LogP contribution in [0.4, 0.5) is 5.69 Å². The van der Waals surface area contributed by atoms with Crippen LogP contribution in [0.1, 0.15) is 19.4 Å². The fourth-order valence-electron chi connectivity index (χ4n) is 1.38. The van der Waals surface area contributed by atoms with Gasteiger partial charge in [-0.15, -0.1) is 0 Å². The van der Waals surface area contributed by atoms with Gasteiger partial charge in [0, 0.05) is 6.07 Å². The number of ether oxygens (including phenoxy) is 2. The molecule has 0 aromatic heterocycles. The van der Waals surface area contributed by atoms with Crippen molar-refractivity contribution in [1.82, 2.24) is 0 Å². The predicted octanol–water partition coefficient (Wildman–Crippen LogP) is 2.40. The van der Waals surface area contributed by atoms with Crippen molar-refractivity contribution in [3.05, 3.63) is 31.4 Å². The molecule has 106 valence electrons. The molecule has 1 aromatic carbocycles. The number of carbonyl (C=O) groups excluding carboxylic acids is 1. The molecule has 0 radical (unpaired) electrons. The molecule has 0 saturated carbocycles. The average Bonchev–Trinajstić information content (AvgIpc) is 2.40. The molecule has 0 aliphatic carbocycles. The summed E-state index contributed by atoms with van der Waals surface area (Å²) in [6, 6.07) is 4.38. The predicted molar refractivity (Wildman–Crippen MR) is 77.3 cm³/mol. The highest BCUT2D eigenvalue weighted by Gasteiger charge is 2.25. The Hall–Kier alpha value is -1.89. The molecule has 8 heteroatoms. The molecule has 0 fully saturated rings. The summed E-state index contributed by atoms with van der Waals surface area (Å²) in [7, 11) is 0. The number of halogens is 1. The van der Waals surface area contributed by atoms with E-state index in [9.17, 15) is 14.9 Å². The zero-order valence-corrected chi connectivity index (χ0v) is 12.9. The van der Waals surface area contributed by atoms with Gasteiger partial charge in [-0.25, -0.2) is 4.79 Å². The molecule has 1 unspecified atom stereocenters. The van der Waals surface area contributed by atoms with Crippen LogP contribution in [0.2, 0.25) is 0 Å². The minimum atomic E-state index is -0.977. The number of hydrogen-bond donors (Lipinski definition) is 0. The van der Waals surface area contributed by atoms with Crippen LogP contribution in [0.15, 0.2) is 12.1 Å². The largest absolute Gasteiger partial charge is 0.471 e. The SMILES string of the molecule is CCOC(=O)C(C)Oc1c(I)cc(C#N)cc1[N+](=O)[O-]. The van der Waals surface area contributed by atoms with Gasteiger partial charge in [0.1, 0.15) is 0 Å². The zero-order chi connectivity index (χ0) is 15.3. The lowest BCUT2D eigenvalue weighted by Gasteiger charge is -2.14. The Morgan fingerprint density at radius 2 is 2.25 bits per heavy atom. The van der Waals surface area contributed by atoms with E-state index in [0.717, 1.165) is 6.07 Å². The van der Waals surface area contributed by atoms with E-state index in [2.05, 4.69) is 0 Å². The van der Waals surface area contributed by atoms with Crippen molar-refractivity contribution in [2.45, 2.75) is 20.0 Å². The van der Waals surface area contributed by atoms with Crippen molar-refractivity contribution < 1.29 is 19.2 Å². The van der Waals surface area contributed by atoms with Crippen molar-refractivity contribution in [2.24, 2.45) is 0 Å². The van der Waals surface area contributed by atoms with E-state index in [-0.39, 0.29) is 23.6 Å². The smallest absolute Gasteiger partial charge is 0.347 e. The van der Waals surface area contributed by atoms with E-state index in [0.29, 0.717) is 3.57 Å². The van der Waals surface area contributed by atoms with Gasteiger partial charge in [-0.3, -0.25) is 10.1 Å². The minimum Gasteiger partial charge on any atom is -0.471 e. The molecule has 7 nitrogen and oxygen atoms in total. The third kappa shape index (κ3) is 3.80. The second-order valence-corrected chi connectivity index (χ2v) is 4.85. The molecule has 1 atom stereocenters. The van der Waals surface area contributed by atoms with Crippen molar-refractivity contribution in [3.8, 4) is 11.8 Å². The van der Waals surface area contributed by atoms with Crippen molar-refractivity contribution in [3.63, 3.8) is 0 Å². The Bertz CT molecular complexity index is 582. The van der Waals surface area contributed by atoms with Gasteiger partial charge in [0.25, 0.3) is 0 Å². The first kappa shape index (κ1) is 16.2. The normalized spacial score (nSPS) is 11.3. The number of hydrogen-bond acceptors (Lipinski definition) is 6. The molecule has 0 amide bonds. The Morgan fingerprint density at radius 1 is 1.60 bits per heavy atom.